The summed E-state index contributed by atoms with van der Waals surface area (Å²) < 4.78 is 27.9. The zero-order valence-electron chi connectivity index (χ0n) is 10.7. The molecule has 1 unspecified atom stereocenters. The van der Waals surface area contributed by atoms with Gasteiger partial charge >= 0.3 is 7.60 Å². The SMILES string of the molecule is CCOC(C)(C[N+](=O)[O-])P(=O)(OCC)OCC. The van der Waals surface area contributed by atoms with E-state index in [1.54, 1.807) is 20.8 Å². The Hall–Kier alpha value is -0.490. The van der Waals surface area contributed by atoms with Crippen LogP contribution in [0.25, 0.3) is 0 Å². The Balaban J connectivity index is 5.19. The van der Waals surface area contributed by atoms with Gasteiger partial charge in [-0.2, -0.15) is 0 Å². The molecule has 0 aliphatic carbocycles. The van der Waals surface area contributed by atoms with Gasteiger partial charge in [0.1, 0.15) is 0 Å². The molecule has 0 aromatic carbocycles. The fourth-order valence-corrected chi connectivity index (χ4v) is 3.29. The van der Waals surface area contributed by atoms with E-state index in [2.05, 4.69) is 0 Å². The van der Waals surface area contributed by atoms with Gasteiger partial charge in [0, 0.05) is 11.5 Å². The highest BCUT2D eigenvalue weighted by molar-refractivity contribution is 7.55. The van der Waals surface area contributed by atoms with E-state index in [4.69, 9.17) is 13.8 Å². The molecule has 0 aliphatic heterocycles. The molecule has 0 aromatic rings. The van der Waals surface area contributed by atoms with Crippen LogP contribution in [0.3, 0.4) is 0 Å². The molecule has 0 N–H and O–H groups in total. The second-order valence-corrected chi connectivity index (χ2v) is 5.89. The maximum atomic E-state index is 12.5. The molecule has 0 aliphatic rings. The monoisotopic (exact) mass is 269 g/mol. The van der Waals surface area contributed by atoms with Crippen molar-refractivity contribution in [1.82, 2.24) is 0 Å². The highest BCUT2D eigenvalue weighted by atomic mass is 31.2. The molecule has 0 bridgehead atoms. The van der Waals surface area contributed by atoms with Crippen molar-refractivity contribution in [3.8, 4) is 0 Å². The van der Waals surface area contributed by atoms with Crippen LogP contribution in [0.15, 0.2) is 0 Å². The van der Waals surface area contributed by atoms with Crippen LogP contribution in [0.1, 0.15) is 27.7 Å². The molecule has 0 aromatic heterocycles. The maximum absolute atomic E-state index is 12.5. The van der Waals surface area contributed by atoms with Gasteiger partial charge in [-0.1, -0.05) is 0 Å². The van der Waals surface area contributed by atoms with Gasteiger partial charge in [-0.25, -0.2) is 0 Å². The Morgan fingerprint density at radius 2 is 1.65 bits per heavy atom. The molecule has 0 spiro atoms. The van der Waals surface area contributed by atoms with Crippen LogP contribution in [-0.2, 0) is 18.3 Å². The summed E-state index contributed by atoms with van der Waals surface area (Å²) in [6.07, 6.45) is 0. The second-order valence-electron chi connectivity index (χ2n) is 3.43. The Morgan fingerprint density at radius 1 is 1.18 bits per heavy atom. The fourth-order valence-electron chi connectivity index (χ4n) is 1.41. The molecule has 0 saturated carbocycles. The molecule has 102 valence electrons. The Labute approximate surface area is 101 Å². The van der Waals surface area contributed by atoms with Crippen molar-refractivity contribution in [3.05, 3.63) is 10.1 Å². The lowest BCUT2D eigenvalue weighted by atomic mass is 10.4. The van der Waals surface area contributed by atoms with Gasteiger partial charge in [0.15, 0.2) is 0 Å². The van der Waals surface area contributed by atoms with E-state index in [1.165, 1.54) is 6.92 Å². The van der Waals surface area contributed by atoms with Crippen molar-refractivity contribution in [2.24, 2.45) is 0 Å². The van der Waals surface area contributed by atoms with Crippen LogP contribution in [0.2, 0.25) is 0 Å². The van der Waals surface area contributed by atoms with Crippen molar-refractivity contribution < 1.29 is 23.3 Å². The first-order valence-electron chi connectivity index (χ1n) is 5.50. The van der Waals surface area contributed by atoms with Gasteiger partial charge in [0.05, 0.1) is 13.2 Å². The molecule has 0 radical (unpaired) electrons. The van der Waals surface area contributed by atoms with Crippen molar-refractivity contribution >= 4 is 7.60 Å². The third kappa shape index (κ3) is 4.35. The number of hydrogen-bond acceptors (Lipinski definition) is 6. The van der Waals surface area contributed by atoms with E-state index in [0.29, 0.717) is 0 Å². The Kier molecular flexibility index (Phi) is 6.85. The van der Waals surface area contributed by atoms with Gasteiger partial charge in [-0.05, 0) is 27.7 Å². The summed E-state index contributed by atoms with van der Waals surface area (Å²) in [6, 6.07) is 0. The smallest absolute Gasteiger partial charge is 0.357 e. The van der Waals surface area contributed by atoms with Gasteiger partial charge in [-0.3, -0.25) is 14.7 Å². The lowest BCUT2D eigenvalue weighted by molar-refractivity contribution is -0.495. The van der Waals surface area contributed by atoms with Crippen molar-refractivity contribution in [2.75, 3.05) is 26.4 Å². The predicted molar refractivity (Wildman–Crippen MR) is 62.8 cm³/mol. The molecular weight excluding hydrogens is 249 g/mol. The van der Waals surface area contributed by atoms with E-state index in [-0.39, 0.29) is 19.8 Å². The summed E-state index contributed by atoms with van der Waals surface area (Å²) in [5, 5.41) is 9.08. The Morgan fingerprint density at radius 3 is 1.94 bits per heavy atom. The van der Waals surface area contributed by atoms with Crippen molar-refractivity contribution in [1.29, 1.82) is 0 Å². The molecule has 17 heavy (non-hydrogen) atoms. The highest BCUT2D eigenvalue weighted by Gasteiger charge is 2.52. The van der Waals surface area contributed by atoms with Gasteiger partial charge < -0.3 is 13.8 Å². The molecule has 1 atom stereocenters. The first-order valence-corrected chi connectivity index (χ1v) is 7.04. The van der Waals surface area contributed by atoms with Gasteiger partial charge in [0.2, 0.25) is 11.9 Å². The number of nitrogens with zero attached hydrogens (tertiary/aromatic N) is 1. The average molecular weight is 269 g/mol. The first kappa shape index (κ1) is 16.5. The van der Waals surface area contributed by atoms with Gasteiger partial charge in [-0.15, -0.1) is 0 Å². The lowest BCUT2D eigenvalue weighted by Gasteiger charge is -2.32. The van der Waals surface area contributed by atoms with Gasteiger partial charge in [0.25, 0.3) is 0 Å². The molecular formula is C9H20NO6P. The summed E-state index contributed by atoms with van der Waals surface area (Å²) in [6.45, 7) is 6.17. The van der Waals surface area contributed by atoms with E-state index in [9.17, 15) is 14.7 Å². The molecule has 0 amide bonds. The standard InChI is InChI=1S/C9H20NO6P/c1-5-14-9(4,8-10(11)12)17(13,15-6-2)16-7-3/h5-8H2,1-4H3. The van der Waals surface area contributed by atoms with Crippen LogP contribution < -0.4 is 0 Å². The predicted octanol–water partition coefficient (Wildman–Crippen LogP) is 2.28. The first-order chi connectivity index (χ1) is 7.85. The van der Waals surface area contributed by atoms with E-state index < -0.39 is 24.4 Å². The van der Waals surface area contributed by atoms with E-state index in [1.807, 2.05) is 0 Å². The largest absolute Gasteiger partial charge is 0.368 e. The summed E-state index contributed by atoms with van der Waals surface area (Å²) in [7, 11) is -3.68. The minimum Gasteiger partial charge on any atom is -0.357 e. The van der Waals surface area contributed by atoms with E-state index >= 15 is 0 Å². The Bertz CT molecular complexity index is 287. The molecule has 8 heteroatoms. The highest BCUT2D eigenvalue weighted by Crippen LogP contribution is 2.60. The van der Waals surface area contributed by atoms with Crippen LogP contribution >= 0.6 is 7.60 Å². The second kappa shape index (κ2) is 7.06. The summed E-state index contributed by atoms with van der Waals surface area (Å²) in [5.41, 5.74) is 0. The third-order valence-corrected chi connectivity index (χ3v) is 4.68. The van der Waals surface area contributed by atoms with Crippen LogP contribution in [0, 0.1) is 10.1 Å². The summed E-state index contributed by atoms with van der Waals surface area (Å²) in [4.78, 5) is 10.1. The average Bonchev–Trinajstić information content (AvgIpc) is 2.17. The minimum absolute atomic E-state index is 0.137. The van der Waals surface area contributed by atoms with Crippen molar-refractivity contribution in [3.63, 3.8) is 0 Å². The van der Waals surface area contributed by atoms with Crippen LogP contribution in [0.4, 0.5) is 0 Å². The number of rotatable bonds is 9. The lowest BCUT2D eigenvalue weighted by Crippen LogP contribution is -2.38. The molecule has 0 heterocycles. The summed E-state index contributed by atoms with van der Waals surface area (Å²) in [5.74, 6) is 0. The molecule has 7 nitrogen and oxygen atoms in total. The van der Waals surface area contributed by atoms with Crippen molar-refractivity contribution in [2.45, 2.75) is 33.0 Å². The quantitative estimate of drug-likeness (QED) is 0.362. The molecule has 0 saturated heterocycles. The fraction of sp³-hybridized carbons (Fsp3) is 1.00. The number of ether oxygens (including phenoxy) is 1. The molecule has 0 rings (SSSR count). The normalized spacial score (nSPS) is 15.5. The minimum atomic E-state index is -3.68. The van der Waals surface area contributed by atoms with Crippen LogP contribution in [-0.4, -0.2) is 36.6 Å². The zero-order chi connectivity index (χ0) is 13.5. The zero-order valence-corrected chi connectivity index (χ0v) is 11.6. The number of hydrogen-bond donors (Lipinski definition) is 0. The van der Waals surface area contributed by atoms with E-state index in [0.717, 1.165) is 0 Å². The third-order valence-electron chi connectivity index (χ3n) is 2.06. The molecule has 0 fully saturated rings. The summed E-state index contributed by atoms with van der Waals surface area (Å²) >= 11 is 0. The topological polar surface area (TPSA) is 87.9 Å². The number of nitro groups is 1. The maximum Gasteiger partial charge on any atom is 0.368 e. The van der Waals surface area contributed by atoms with Crippen LogP contribution in [0.5, 0.6) is 0 Å².